The summed E-state index contributed by atoms with van der Waals surface area (Å²) in [5.41, 5.74) is 14.3. The number of nitrogen functional groups attached to an aromatic ring is 1. The number of anilines is 1. The number of benzene rings is 2. The highest BCUT2D eigenvalue weighted by atomic mass is 16.6. The topological polar surface area (TPSA) is 133 Å². The third-order valence-corrected chi connectivity index (χ3v) is 3.59. The van der Waals surface area contributed by atoms with Crippen LogP contribution in [-0.4, -0.2) is 24.8 Å². The predicted molar refractivity (Wildman–Crippen MR) is 89.1 cm³/mol. The molecule has 3 rings (SSSR count). The molecule has 0 unspecified atom stereocenters. The van der Waals surface area contributed by atoms with Crippen LogP contribution in [0, 0.1) is 5.41 Å². The Morgan fingerprint density at radius 2 is 1.70 bits per heavy atom. The molecule has 7 heteroatoms. The first-order valence-electron chi connectivity index (χ1n) is 7.02. The van der Waals surface area contributed by atoms with E-state index in [1.165, 1.54) is 0 Å². The number of amidine groups is 1. The largest absolute Gasteiger partial charge is 0.486 e. The number of fused-ring (bicyclic) bond motifs is 1. The summed E-state index contributed by atoms with van der Waals surface area (Å²) in [4.78, 5) is 0. The first-order valence-corrected chi connectivity index (χ1v) is 7.02. The van der Waals surface area contributed by atoms with Crippen molar-refractivity contribution in [2.24, 2.45) is 16.7 Å². The predicted octanol–water partition coefficient (Wildman–Crippen LogP) is 1.04. The minimum absolute atomic E-state index is 0.182. The fraction of sp³-hybridized carbons (Fsp3) is 0.125. The summed E-state index contributed by atoms with van der Waals surface area (Å²) >= 11 is 0. The van der Waals surface area contributed by atoms with Crippen LogP contribution < -0.4 is 26.8 Å². The minimum atomic E-state index is 0.182. The second kappa shape index (κ2) is 5.88. The van der Waals surface area contributed by atoms with Crippen LogP contribution in [0.3, 0.4) is 0 Å². The van der Waals surface area contributed by atoms with Crippen molar-refractivity contribution < 1.29 is 9.47 Å². The molecule has 2 aromatic carbocycles. The molecule has 0 bridgehead atoms. The molecule has 1 heterocycles. The van der Waals surface area contributed by atoms with Crippen LogP contribution in [-0.2, 0) is 0 Å². The lowest BCUT2D eigenvalue weighted by molar-refractivity contribution is 0.171. The van der Waals surface area contributed by atoms with Crippen LogP contribution in [0.5, 0.6) is 11.5 Å². The maximum atomic E-state index is 8.44. The van der Waals surface area contributed by atoms with E-state index in [4.69, 9.17) is 32.2 Å². The van der Waals surface area contributed by atoms with Crippen LogP contribution in [0.1, 0.15) is 16.7 Å². The van der Waals surface area contributed by atoms with Crippen LogP contribution in [0.25, 0.3) is 0 Å². The molecule has 0 saturated carbocycles. The molecule has 0 spiro atoms. The van der Waals surface area contributed by atoms with Crippen LogP contribution >= 0.6 is 0 Å². The van der Waals surface area contributed by atoms with Gasteiger partial charge in [0.1, 0.15) is 19.0 Å². The van der Waals surface area contributed by atoms with Gasteiger partial charge in [0.15, 0.2) is 11.5 Å². The van der Waals surface area contributed by atoms with E-state index in [0.717, 1.165) is 0 Å². The van der Waals surface area contributed by atoms with Gasteiger partial charge in [-0.25, -0.2) is 0 Å². The quantitative estimate of drug-likeness (QED) is 0.221. The van der Waals surface area contributed by atoms with Crippen LogP contribution in [0.15, 0.2) is 41.5 Å². The van der Waals surface area contributed by atoms with Gasteiger partial charge in [0.25, 0.3) is 0 Å². The van der Waals surface area contributed by atoms with Crippen molar-refractivity contribution in [2.75, 3.05) is 18.9 Å². The van der Waals surface area contributed by atoms with Crippen molar-refractivity contribution in [3.8, 4) is 11.5 Å². The smallest absolute Gasteiger partial charge is 0.162 e. The summed E-state index contributed by atoms with van der Waals surface area (Å²) in [5.74, 6) is 6.68. The van der Waals surface area contributed by atoms with E-state index < -0.39 is 0 Å². The average molecular weight is 311 g/mol. The Morgan fingerprint density at radius 1 is 1.00 bits per heavy atom. The van der Waals surface area contributed by atoms with Gasteiger partial charge >= 0.3 is 0 Å². The highest BCUT2D eigenvalue weighted by molar-refractivity contribution is 6.15. The number of hydrogen-bond acceptors (Lipinski definition) is 6. The molecule has 0 saturated heterocycles. The fourth-order valence-corrected chi connectivity index (χ4v) is 2.36. The average Bonchev–Trinajstić information content (AvgIpc) is 2.60. The van der Waals surface area contributed by atoms with Crippen molar-refractivity contribution >= 4 is 17.2 Å². The normalized spacial score (nSPS) is 13.7. The second-order valence-corrected chi connectivity index (χ2v) is 5.05. The van der Waals surface area contributed by atoms with Crippen molar-refractivity contribution in [1.82, 2.24) is 0 Å². The van der Waals surface area contributed by atoms with E-state index in [-0.39, 0.29) is 11.5 Å². The zero-order valence-corrected chi connectivity index (χ0v) is 12.4. The number of hydrogen-bond donors (Lipinski definition) is 4. The molecule has 0 aliphatic carbocycles. The van der Waals surface area contributed by atoms with Crippen molar-refractivity contribution in [1.29, 1.82) is 5.41 Å². The molecular weight excluding hydrogens is 294 g/mol. The summed E-state index contributed by atoms with van der Waals surface area (Å²) in [5, 5.41) is 11.9. The van der Waals surface area contributed by atoms with E-state index in [9.17, 15) is 0 Å². The molecule has 0 radical (unpaired) electrons. The van der Waals surface area contributed by atoms with Crippen LogP contribution in [0.4, 0.5) is 5.69 Å². The Morgan fingerprint density at radius 3 is 2.43 bits per heavy atom. The first-order chi connectivity index (χ1) is 11.1. The van der Waals surface area contributed by atoms with Crippen molar-refractivity contribution in [3.05, 3.63) is 53.1 Å². The summed E-state index contributed by atoms with van der Waals surface area (Å²) in [6.45, 7) is 1.02. The van der Waals surface area contributed by atoms with Gasteiger partial charge in [-0.2, -0.15) is 5.10 Å². The number of hydrazone groups is 1. The molecule has 0 aromatic heterocycles. The van der Waals surface area contributed by atoms with Gasteiger partial charge in [0, 0.05) is 22.4 Å². The number of nitrogens with two attached hydrogens (primary N) is 3. The Hall–Kier alpha value is -3.22. The highest BCUT2D eigenvalue weighted by Gasteiger charge is 2.16. The first kappa shape index (κ1) is 14.7. The van der Waals surface area contributed by atoms with E-state index in [1.807, 2.05) is 0 Å². The minimum Gasteiger partial charge on any atom is -0.486 e. The van der Waals surface area contributed by atoms with Gasteiger partial charge in [-0.15, -0.1) is 0 Å². The maximum Gasteiger partial charge on any atom is 0.162 e. The molecule has 0 atom stereocenters. The number of ether oxygens (including phenoxy) is 2. The summed E-state index contributed by atoms with van der Waals surface area (Å²) < 4.78 is 11.0. The summed E-state index contributed by atoms with van der Waals surface area (Å²) in [6.07, 6.45) is 0. The lowest BCUT2D eigenvalue weighted by Crippen LogP contribution is -2.17. The molecule has 7 nitrogen and oxygen atoms in total. The SMILES string of the molecule is N=C(c1ccc2c(c1)OCCO2)c1cc(/C(N)=N/N)ccc1N. The molecule has 23 heavy (non-hydrogen) atoms. The third-order valence-electron chi connectivity index (χ3n) is 3.59. The van der Waals surface area contributed by atoms with E-state index in [1.54, 1.807) is 36.4 Å². The molecule has 0 fully saturated rings. The highest BCUT2D eigenvalue weighted by Crippen LogP contribution is 2.32. The molecule has 2 aromatic rings. The number of nitrogens with zero attached hydrogens (tertiary/aromatic N) is 1. The monoisotopic (exact) mass is 311 g/mol. The van der Waals surface area contributed by atoms with Gasteiger partial charge < -0.3 is 26.8 Å². The zero-order chi connectivity index (χ0) is 16.4. The third kappa shape index (κ3) is 2.76. The zero-order valence-electron chi connectivity index (χ0n) is 12.4. The van der Waals surface area contributed by atoms with E-state index in [2.05, 4.69) is 5.10 Å². The number of rotatable bonds is 3. The van der Waals surface area contributed by atoms with E-state index in [0.29, 0.717) is 47.1 Å². The number of nitrogens with one attached hydrogen (secondary N) is 1. The Bertz CT molecular complexity index is 801. The molecule has 7 N–H and O–H groups in total. The fourth-order valence-electron chi connectivity index (χ4n) is 2.36. The van der Waals surface area contributed by atoms with Crippen molar-refractivity contribution in [2.45, 2.75) is 0 Å². The van der Waals surface area contributed by atoms with Gasteiger partial charge in [-0.1, -0.05) is 0 Å². The lowest BCUT2D eigenvalue weighted by Gasteiger charge is -2.19. The Kier molecular flexibility index (Phi) is 3.76. The van der Waals surface area contributed by atoms with Crippen LogP contribution in [0.2, 0.25) is 0 Å². The van der Waals surface area contributed by atoms with Gasteiger partial charge in [0.05, 0.1) is 5.71 Å². The van der Waals surface area contributed by atoms with Gasteiger partial charge in [-0.3, -0.25) is 5.41 Å². The molecular formula is C16H17N5O2. The van der Waals surface area contributed by atoms with E-state index >= 15 is 0 Å². The standard InChI is InChI=1S/C16H17N5O2/c17-12-3-1-10(16(19)21-20)7-11(12)15(18)9-2-4-13-14(8-9)23-6-5-22-13/h1-4,7-8,18H,5-6,17,20H2,(H2,19,21). The van der Waals surface area contributed by atoms with Gasteiger partial charge in [0.2, 0.25) is 0 Å². The molecule has 1 aliphatic rings. The Balaban J connectivity index is 2.00. The summed E-state index contributed by atoms with van der Waals surface area (Å²) in [7, 11) is 0. The lowest BCUT2D eigenvalue weighted by atomic mass is 9.98. The van der Waals surface area contributed by atoms with Crippen molar-refractivity contribution in [3.63, 3.8) is 0 Å². The van der Waals surface area contributed by atoms with Gasteiger partial charge in [-0.05, 0) is 36.4 Å². The second-order valence-electron chi connectivity index (χ2n) is 5.05. The molecule has 118 valence electrons. The molecule has 1 aliphatic heterocycles. The maximum absolute atomic E-state index is 8.44. The molecule has 0 amide bonds. The summed E-state index contributed by atoms with van der Waals surface area (Å²) in [6, 6.07) is 10.4. The Labute approximate surface area is 133 Å².